The van der Waals surface area contributed by atoms with Crippen molar-refractivity contribution in [3.05, 3.63) is 35.3 Å². The summed E-state index contributed by atoms with van der Waals surface area (Å²) in [5.74, 6) is 1.21. The predicted molar refractivity (Wildman–Crippen MR) is 145 cm³/mol. The van der Waals surface area contributed by atoms with E-state index in [2.05, 4.69) is 26.5 Å². The second-order valence-corrected chi connectivity index (χ2v) is 10.3. The van der Waals surface area contributed by atoms with Gasteiger partial charge in [-0.2, -0.15) is 10.2 Å². The number of hydrogen-bond donors (Lipinski definition) is 3. The van der Waals surface area contributed by atoms with Gasteiger partial charge >= 0.3 is 0 Å². The summed E-state index contributed by atoms with van der Waals surface area (Å²) < 4.78 is 5.96. The van der Waals surface area contributed by atoms with Crippen LogP contribution in [0, 0.1) is 0 Å². The second-order valence-electron chi connectivity index (χ2n) is 8.70. The number of fused-ring (bicyclic) bond motifs is 2. The molecule has 196 valence electrons. The van der Waals surface area contributed by atoms with Crippen molar-refractivity contribution >= 4 is 56.1 Å². The summed E-state index contributed by atoms with van der Waals surface area (Å²) in [6.45, 7) is 4.24. The van der Waals surface area contributed by atoms with Crippen LogP contribution in [0.2, 0.25) is 0 Å². The van der Waals surface area contributed by atoms with Crippen molar-refractivity contribution in [2.24, 2.45) is 0 Å². The lowest BCUT2D eigenvalue weighted by molar-refractivity contribution is -0.365. The molecule has 0 amide bonds. The average molecular weight is 544 g/mol. The molecule has 0 unspecified atom stereocenters. The van der Waals surface area contributed by atoms with E-state index in [9.17, 15) is 4.79 Å². The number of benzene rings is 1. The van der Waals surface area contributed by atoms with Crippen molar-refractivity contribution in [2.75, 3.05) is 50.9 Å². The van der Waals surface area contributed by atoms with Gasteiger partial charge in [0.25, 0.3) is 0 Å². The highest BCUT2D eigenvalue weighted by Crippen LogP contribution is 2.34. The van der Waals surface area contributed by atoms with Gasteiger partial charge in [0.15, 0.2) is 11.6 Å². The normalized spacial score (nSPS) is 15.1. The highest BCUT2D eigenvalue weighted by molar-refractivity contribution is 7.93. The molecule has 11 nitrogen and oxygen atoms in total. The van der Waals surface area contributed by atoms with E-state index in [1.807, 2.05) is 29.5 Å². The Morgan fingerprint density at radius 3 is 2.95 bits per heavy atom. The van der Waals surface area contributed by atoms with E-state index in [0.29, 0.717) is 25.2 Å². The Bertz CT molecular complexity index is 1350. The largest absolute Gasteiger partial charge is 0.389 e. The molecule has 1 fully saturated rings. The van der Waals surface area contributed by atoms with Gasteiger partial charge in [-0.1, -0.05) is 12.1 Å². The summed E-state index contributed by atoms with van der Waals surface area (Å²) in [4.78, 5) is 30.2. The monoisotopic (exact) mass is 543 g/mol. The van der Waals surface area contributed by atoms with E-state index in [0.717, 1.165) is 65.2 Å². The number of hydroxylamine groups is 2. The SMILES string of the molecule is CSOON1CCN(Cc2cc3nc(-c4cccc5[nH]ncc45)nc(NCCCC(=O)CO)c3s2)CC1. The summed E-state index contributed by atoms with van der Waals surface area (Å²) in [5.41, 5.74) is 2.72. The Morgan fingerprint density at radius 2 is 2.14 bits per heavy atom. The van der Waals surface area contributed by atoms with E-state index < -0.39 is 6.61 Å². The topological polar surface area (TPSA) is 129 Å². The summed E-state index contributed by atoms with van der Waals surface area (Å²) in [5, 5.41) is 22.4. The number of Topliss-reactive ketones (excluding diaryl/α,β-unsaturated/α-hetero) is 1. The fourth-order valence-corrected chi connectivity index (χ4v) is 5.54. The molecule has 1 aliphatic rings. The fraction of sp³-hybridized carbons (Fsp3) is 0.417. The van der Waals surface area contributed by atoms with Crippen molar-refractivity contribution in [1.82, 2.24) is 30.1 Å². The number of carbonyl (C=O) groups is 1. The first-order chi connectivity index (χ1) is 18.1. The minimum atomic E-state index is -0.421. The Morgan fingerprint density at radius 1 is 1.27 bits per heavy atom. The van der Waals surface area contributed by atoms with E-state index in [1.54, 1.807) is 17.5 Å². The van der Waals surface area contributed by atoms with Gasteiger partial charge < -0.3 is 10.4 Å². The molecule has 0 saturated carbocycles. The first-order valence-corrected chi connectivity index (χ1v) is 14.1. The minimum absolute atomic E-state index is 0.161. The number of piperazine rings is 1. The number of aliphatic hydroxyl groups excluding tert-OH is 1. The molecule has 1 aromatic carbocycles. The third-order valence-electron chi connectivity index (χ3n) is 6.16. The van der Waals surface area contributed by atoms with Gasteiger partial charge in [0.2, 0.25) is 0 Å². The lowest BCUT2D eigenvalue weighted by Gasteiger charge is -2.32. The number of rotatable bonds is 12. The average Bonchev–Trinajstić information content (AvgIpc) is 3.57. The Kier molecular flexibility index (Phi) is 8.61. The molecule has 1 aliphatic heterocycles. The molecule has 0 aliphatic carbocycles. The number of nitrogens with one attached hydrogen (secondary N) is 2. The molecule has 5 rings (SSSR count). The summed E-state index contributed by atoms with van der Waals surface area (Å²) in [7, 11) is 0. The number of hydrogen-bond acceptors (Lipinski definition) is 12. The van der Waals surface area contributed by atoms with Crippen molar-refractivity contribution in [3.8, 4) is 11.4 Å². The van der Waals surface area contributed by atoms with Crippen LogP contribution in [-0.2, 0) is 20.7 Å². The zero-order chi connectivity index (χ0) is 25.6. The van der Waals surface area contributed by atoms with Crippen LogP contribution in [-0.4, -0.2) is 86.6 Å². The number of ketones is 1. The molecule has 13 heteroatoms. The van der Waals surface area contributed by atoms with Crippen LogP contribution in [0.1, 0.15) is 17.7 Å². The van der Waals surface area contributed by atoms with Gasteiger partial charge in [0.05, 0.1) is 21.9 Å². The zero-order valence-corrected chi connectivity index (χ0v) is 22.1. The van der Waals surface area contributed by atoms with E-state index >= 15 is 0 Å². The molecule has 3 N–H and O–H groups in total. The highest BCUT2D eigenvalue weighted by Gasteiger charge is 2.21. The minimum Gasteiger partial charge on any atom is -0.389 e. The zero-order valence-electron chi connectivity index (χ0n) is 20.5. The van der Waals surface area contributed by atoms with Gasteiger partial charge in [-0.3, -0.25) is 14.8 Å². The maximum Gasteiger partial charge on any atom is 0.162 e. The number of aliphatic hydroxyl groups is 1. The van der Waals surface area contributed by atoms with Crippen molar-refractivity contribution in [1.29, 1.82) is 0 Å². The van der Waals surface area contributed by atoms with Crippen LogP contribution in [0.4, 0.5) is 5.82 Å². The first kappa shape index (κ1) is 26.0. The number of anilines is 1. The second kappa shape index (κ2) is 12.3. The van der Waals surface area contributed by atoms with Crippen LogP contribution < -0.4 is 5.32 Å². The molecule has 0 radical (unpaired) electrons. The third kappa shape index (κ3) is 6.26. The lowest BCUT2D eigenvalue weighted by atomic mass is 10.1. The molecule has 37 heavy (non-hydrogen) atoms. The van der Waals surface area contributed by atoms with Crippen LogP contribution in [0.3, 0.4) is 0 Å². The van der Waals surface area contributed by atoms with Crippen molar-refractivity contribution in [3.63, 3.8) is 0 Å². The van der Waals surface area contributed by atoms with E-state index in [1.165, 1.54) is 16.9 Å². The van der Waals surface area contributed by atoms with E-state index in [4.69, 9.17) is 24.4 Å². The number of aromatic amines is 1. The predicted octanol–water partition coefficient (Wildman–Crippen LogP) is 3.25. The standard InChI is InChI=1S/C24H29N7O4S2/c1-36-35-34-31-10-8-30(9-11-31)14-17-12-21-22(37-17)24(25-7-3-4-16(33)15-32)28-23(27-21)18-5-2-6-20-19(18)13-26-29-20/h2,5-6,12-13,32H,3-4,7-11,14-15H2,1H3,(H,26,29)(H,25,27,28). The Balaban J connectivity index is 1.38. The molecule has 3 aromatic heterocycles. The van der Waals surface area contributed by atoms with Crippen LogP contribution in [0.15, 0.2) is 30.5 Å². The maximum atomic E-state index is 11.5. The molecular formula is C24H29N7O4S2. The number of H-pyrrole nitrogens is 1. The quantitative estimate of drug-likeness (QED) is 0.105. The lowest BCUT2D eigenvalue weighted by Crippen LogP contribution is -2.45. The first-order valence-electron chi connectivity index (χ1n) is 12.1. The fourth-order valence-electron chi connectivity index (χ4n) is 4.29. The van der Waals surface area contributed by atoms with Gasteiger partial charge in [0.1, 0.15) is 12.4 Å². The van der Waals surface area contributed by atoms with Crippen LogP contribution >= 0.6 is 23.4 Å². The Hall–Kier alpha value is -2.65. The summed E-state index contributed by atoms with van der Waals surface area (Å²) >= 11 is 2.87. The smallest absolute Gasteiger partial charge is 0.162 e. The molecule has 4 aromatic rings. The number of thiophene rings is 1. The number of aromatic nitrogens is 4. The highest BCUT2D eigenvalue weighted by atomic mass is 32.2. The molecular weight excluding hydrogens is 514 g/mol. The maximum absolute atomic E-state index is 11.5. The van der Waals surface area contributed by atoms with Gasteiger partial charge in [-0.15, -0.1) is 20.7 Å². The van der Waals surface area contributed by atoms with E-state index in [-0.39, 0.29) is 5.78 Å². The molecule has 0 spiro atoms. The van der Waals surface area contributed by atoms with Crippen LogP contribution in [0.5, 0.6) is 0 Å². The van der Waals surface area contributed by atoms with Gasteiger partial charge in [0, 0.05) is 79.8 Å². The van der Waals surface area contributed by atoms with Gasteiger partial charge in [-0.05, 0) is 18.6 Å². The van der Waals surface area contributed by atoms with Gasteiger partial charge in [-0.25, -0.2) is 9.97 Å². The summed E-state index contributed by atoms with van der Waals surface area (Å²) in [6, 6.07) is 8.07. The number of nitrogens with zero attached hydrogens (tertiary/aromatic N) is 5. The Labute approximate surface area is 222 Å². The number of carbonyl (C=O) groups excluding carboxylic acids is 1. The third-order valence-corrected chi connectivity index (χ3v) is 7.48. The molecule has 1 saturated heterocycles. The molecule has 0 bridgehead atoms. The summed E-state index contributed by atoms with van der Waals surface area (Å²) in [6.07, 6.45) is 4.55. The van der Waals surface area contributed by atoms with Crippen molar-refractivity contribution in [2.45, 2.75) is 19.4 Å². The molecule has 4 heterocycles. The van der Waals surface area contributed by atoms with Crippen molar-refractivity contribution < 1.29 is 19.2 Å². The van der Waals surface area contributed by atoms with Crippen LogP contribution in [0.25, 0.3) is 32.5 Å². The molecule has 0 atom stereocenters.